The van der Waals surface area contributed by atoms with E-state index in [1.165, 1.54) is 6.07 Å². The number of para-hydroxylation sites is 2. The Hall–Kier alpha value is -1.88. The Labute approximate surface area is 96.7 Å². The van der Waals surface area contributed by atoms with Gasteiger partial charge in [0.1, 0.15) is 5.69 Å². The summed E-state index contributed by atoms with van der Waals surface area (Å²) in [6.07, 6.45) is 0. The lowest BCUT2D eigenvalue weighted by molar-refractivity contribution is -0.383. The number of nitrogens with one attached hydrogen (secondary N) is 1. The highest BCUT2D eigenvalue weighted by atomic mass is 32.1. The molecule has 0 aliphatic heterocycles. The summed E-state index contributed by atoms with van der Waals surface area (Å²) in [6, 6.07) is 8.54. The average Bonchev–Trinajstić information content (AvgIpc) is 2.65. The third-order valence-corrected chi connectivity index (χ3v) is 3.07. The van der Waals surface area contributed by atoms with Crippen molar-refractivity contribution in [3.63, 3.8) is 0 Å². The Morgan fingerprint density at radius 2 is 2.00 bits per heavy atom. The second-order valence-electron chi connectivity index (χ2n) is 3.29. The Morgan fingerprint density at radius 1 is 1.25 bits per heavy atom. The molecule has 1 N–H and O–H groups in total. The van der Waals surface area contributed by atoms with Gasteiger partial charge in [0.05, 0.1) is 10.6 Å². The van der Waals surface area contributed by atoms with Crippen LogP contribution in [0, 0.1) is 17.0 Å². The maximum absolute atomic E-state index is 10.8. The molecule has 2 rings (SSSR count). The summed E-state index contributed by atoms with van der Waals surface area (Å²) in [5.41, 5.74) is 1.53. The van der Waals surface area contributed by atoms with Crippen LogP contribution < -0.4 is 5.32 Å². The fourth-order valence-electron chi connectivity index (χ4n) is 1.40. The van der Waals surface area contributed by atoms with Crippen LogP contribution in [0.1, 0.15) is 4.88 Å². The number of rotatable bonds is 3. The van der Waals surface area contributed by atoms with Gasteiger partial charge in [-0.1, -0.05) is 12.1 Å². The molecule has 0 saturated heterocycles. The number of nitro benzene ring substituents is 1. The lowest BCUT2D eigenvalue weighted by atomic mass is 10.2. The van der Waals surface area contributed by atoms with Crippen molar-refractivity contribution in [1.29, 1.82) is 0 Å². The first-order valence-electron chi connectivity index (χ1n) is 4.73. The van der Waals surface area contributed by atoms with Crippen LogP contribution in [0.2, 0.25) is 0 Å². The summed E-state index contributed by atoms with van der Waals surface area (Å²) in [7, 11) is 0. The van der Waals surface area contributed by atoms with E-state index in [4.69, 9.17) is 0 Å². The van der Waals surface area contributed by atoms with Crippen LogP contribution in [-0.4, -0.2) is 4.92 Å². The first-order valence-corrected chi connectivity index (χ1v) is 5.61. The van der Waals surface area contributed by atoms with Crippen LogP contribution >= 0.6 is 11.3 Å². The maximum Gasteiger partial charge on any atom is 0.292 e. The number of benzene rings is 1. The molecule has 1 aromatic heterocycles. The van der Waals surface area contributed by atoms with E-state index in [0.717, 1.165) is 10.6 Å². The number of nitrogens with zero attached hydrogens (tertiary/aromatic N) is 1. The third kappa shape index (κ3) is 2.04. The minimum absolute atomic E-state index is 0.0908. The Bertz CT molecular complexity index is 522. The Balaban J connectivity index is 2.35. The molecule has 0 aliphatic rings. The predicted molar refractivity (Wildman–Crippen MR) is 65.4 cm³/mol. The molecule has 0 fully saturated rings. The van der Waals surface area contributed by atoms with Gasteiger partial charge in [-0.2, -0.15) is 0 Å². The van der Waals surface area contributed by atoms with Crippen LogP contribution in [0.3, 0.4) is 0 Å². The van der Waals surface area contributed by atoms with Crippen molar-refractivity contribution in [2.45, 2.75) is 6.92 Å². The maximum atomic E-state index is 10.8. The van der Waals surface area contributed by atoms with Gasteiger partial charge >= 0.3 is 0 Å². The zero-order valence-electron chi connectivity index (χ0n) is 8.64. The second kappa shape index (κ2) is 4.32. The highest BCUT2D eigenvalue weighted by Crippen LogP contribution is 2.30. The zero-order chi connectivity index (χ0) is 11.5. The van der Waals surface area contributed by atoms with E-state index in [1.807, 2.05) is 18.4 Å². The summed E-state index contributed by atoms with van der Waals surface area (Å²) in [4.78, 5) is 11.5. The van der Waals surface area contributed by atoms with Crippen molar-refractivity contribution in [3.8, 4) is 0 Å². The molecule has 0 aliphatic carbocycles. The zero-order valence-corrected chi connectivity index (χ0v) is 9.45. The number of anilines is 2. The van der Waals surface area contributed by atoms with Gasteiger partial charge < -0.3 is 5.32 Å². The average molecular weight is 234 g/mol. The molecular formula is C11H10N2O2S. The van der Waals surface area contributed by atoms with Gasteiger partial charge in [0.25, 0.3) is 5.69 Å². The highest BCUT2D eigenvalue weighted by Gasteiger charge is 2.12. The molecule has 4 nitrogen and oxygen atoms in total. The molecule has 0 unspecified atom stereocenters. The smallest absolute Gasteiger partial charge is 0.292 e. The molecule has 0 spiro atoms. The van der Waals surface area contributed by atoms with E-state index in [0.29, 0.717) is 5.69 Å². The van der Waals surface area contributed by atoms with Crippen molar-refractivity contribution in [1.82, 2.24) is 0 Å². The molecule has 0 bridgehead atoms. The molecule has 2 aromatic rings. The second-order valence-corrected chi connectivity index (χ2v) is 4.41. The van der Waals surface area contributed by atoms with Crippen molar-refractivity contribution in [2.75, 3.05) is 5.32 Å². The number of thiophene rings is 1. The van der Waals surface area contributed by atoms with E-state index in [9.17, 15) is 10.1 Å². The normalized spacial score (nSPS) is 10.1. The largest absolute Gasteiger partial charge is 0.349 e. The minimum Gasteiger partial charge on any atom is -0.349 e. The van der Waals surface area contributed by atoms with Gasteiger partial charge in [-0.25, -0.2) is 0 Å². The summed E-state index contributed by atoms with van der Waals surface area (Å²) in [5, 5.41) is 15.8. The van der Waals surface area contributed by atoms with E-state index in [1.54, 1.807) is 29.5 Å². The standard InChI is InChI=1S/C11H10N2O2S/c1-8-9(6-7-16-8)12-10-4-2-3-5-11(10)13(14)15/h2-7,12H,1H3. The lowest BCUT2D eigenvalue weighted by Crippen LogP contribution is -1.96. The summed E-state index contributed by atoms with van der Waals surface area (Å²) >= 11 is 1.61. The number of hydrogen-bond donors (Lipinski definition) is 1. The van der Waals surface area contributed by atoms with Gasteiger partial charge in [0, 0.05) is 10.9 Å². The number of nitro groups is 1. The molecule has 16 heavy (non-hydrogen) atoms. The quantitative estimate of drug-likeness (QED) is 0.650. The summed E-state index contributed by atoms with van der Waals surface area (Å²) < 4.78 is 0. The molecule has 82 valence electrons. The molecule has 1 aromatic carbocycles. The fourth-order valence-corrected chi connectivity index (χ4v) is 2.05. The molecule has 0 amide bonds. The molecule has 5 heteroatoms. The van der Waals surface area contributed by atoms with Crippen LogP contribution in [0.4, 0.5) is 17.1 Å². The van der Waals surface area contributed by atoms with Crippen LogP contribution in [0.25, 0.3) is 0 Å². The Kier molecular flexibility index (Phi) is 2.87. The third-order valence-electron chi connectivity index (χ3n) is 2.23. The van der Waals surface area contributed by atoms with Crippen molar-refractivity contribution >= 4 is 28.4 Å². The summed E-state index contributed by atoms with van der Waals surface area (Å²) in [6.45, 7) is 1.97. The first-order chi connectivity index (χ1) is 7.68. The predicted octanol–water partition coefficient (Wildman–Crippen LogP) is 3.71. The molecule has 0 radical (unpaired) electrons. The van der Waals surface area contributed by atoms with Crippen molar-refractivity contribution in [2.24, 2.45) is 0 Å². The SMILES string of the molecule is Cc1sccc1Nc1ccccc1[N+](=O)[O-]. The van der Waals surface area contributed by atoms with Gasteiger partial charge in [-0.15, -0.1) is 11.3 Å². The first kappa shape index (κ1) is 10.6. The monoisotopic (exact) mass is 234 g/mol. The lowest BCUT2D eigenvalue weighted by Gasteiger charge is -2.05. The van der Waals surface area contributed by atoms with Crippen LogP contribution in [-0.2, 0) is 0 Å². The van der Waals surface area contributed by atoms with Crippen molar-refractivity contribution in [3.05, 3.63) is 50.7 Å². The van der Waals surface area contributed by atoms with Gasteiger partial charge in [0.2, 0.25) is 0 Å². The van der Waals surface area contributed by atoms with E-state index in [-0.39, 0.29) is 10.6 Å². The van der Waals surface area contributed by atoms with Crippen LogP contribution in [0.15, 0.2) is 35.7 Å². The van der Waals surface area contributed by atoms with Gasteiger partial charge in [0.15, 0.2) is 0 Å². The van der Waals surface area contributed by atoms with E-state index >= 15 is 0 Å². The summed E-state index contributed by atoms with van der Waals surface area (Å²) in [5.74, 6) is 0. The minimum atomic E-state index is -0.385. The highest BCUT2D eigenvalue weighted by molar-refractivity contribution is 7.10. The van der Waals surface area contributed by atoms with Crippen LogP contribution in [0.5, 0.6) is 0 Å². The molecule has 1 heterocycles. The number of aryl methyl sites for hydroxylation is 1. The molecular weight excluding hydrogens is 224 g/mol. The topological polar surface area (TPSA) is 55.2 Å². The van der Waals surface area contributed by atoms with E-state index < -0.39 is 0 Å². The molecule has 0 saturated carbocycles. The number of hydrogen-bond acceptors (Lipinski definition) is 4. The fraction of sp³-hybridized carbons (Fsp3) is 0.0909. The van der Waals surface area contributed by atoms with Gasteiger partial charge in [-0.05, 0) is 24.4 Å². The van der Waals surface area contributed by atoms with Crippen molar-refractivity contribution < 1.29 is 4.92 Å². The van der Waals surface area contributed by atoms with E-state index in [2.05, 4.69) is 5.32 Å². The molecule has 0 atom stereocenters. The Morgan fingerprint density at radius 3 is 2.62 bits per heavy atom. The van der Waals surface area contributed by atoms with Gasteiger partial charge in [-0.3, -0.25) is 10.1 Å².